The second-order valence-corrected chi connectivity index (χ2v) is 6.01. The Morgan fingerprint density at radius 2 is 1.50 bits per heavy atom. The molecule has 0 aliphatic rings. The molecule has 0 saturated heterocycles. The maximum Gasteiger partial charge on any atom is 0.271 e. The summed E-state index contributed by atoms with van der Waals surface area (Å²) in [5, 5.41) is 16.3. The second-order valence-electron chi connectivity index (χ2n) is 6.01. The molecule has 140 valence electrons. The Morgan fingerprint density at radius 3 is 2.18 bits per heavy atom. The quantitative estimate of drug-likeness (QED) is 0.506. The van der Waals surface area contributed by atoms with E-state index in [9.17, 15) is 19.7 Å². The second kappa shape index (κ2) is 8.59. The molecule has 0 bridgehead atoms. The molecular formula is C21H17N3O4. The highest BCUT2D eigenvalue weighted by atomic mass is 16.6. The summed E-state index contributed by atoms with van der Waals surface area (Å²) < 4.78 is 0. The average Bonchev–Trinajstić information content (AvgIpc) is 2.73. The highest BCUT2D eigenvalue weighted by molar-refractivity contribution is 6.04. The van der Waals surface area contributed by atoms with Gasteiger partial charge in [0.2, 0.25) is 0 Å². The Hall–Kier alpha value is -4.00. The minimum absolute atomic E-state index is 0.0951. The normalized spacial score (nSPS) is 10.1. The standard InChI is InChI=1S/C21H17N3O4/c25-20(16-5-2-1-3-6-16)22-14-15-9-11-17(12-10-15)21(26)23-18-7-4-8-19(13-18)24(27)28/h1-13H,14H2,(H,22,25)(H,23,26). The van der Waals surface area contributed by atoms with E-state index in [0.717, 1.165) is 5.56 Å². The number of nitrogens with one attached hydrogen (secondary N) is 2. The van der Waals surface area contributed by atoms with Gasteiger partial charge in [0.25, 0.3) is 17.5 Å². The van der Waals surface area contributed by atoms with E-state index in [2.05, 4.69) is 10.6 Å². The molecule has 0 saturated carbocycles. The Kier molecular flexibility index (Phi) is 5.76. The topological polar surface area (TPSA) is 101 Å². The monoisotopic (exact) mass is 375 g/mol. The molecule has 0 fully saturated rings. The zero-order chi connectivity index (χ0) is 19.9. The van der Waals surface area contributed by atoms with Crippen LogP contribution in [0.4, 0.5) is 11.4 Å². The predicted molar refractivity (Wildman–Crippen MR) is 105 cm³/mol. The molecule has 3 aromatic carbocycles. The van der Waals surface area contributed by atoms with Crippen LogP contribution < -0.4 is 10.6 Å². The fraction of sp³-hybridized carbons (Fsp3) is 0.0476. The van der Waals surface area contributed by atoms with Gasteiger partial charge in [0.15, 0.2) is 0 Å². The van der Waals surface area contributed by atoms with E-state index in [0.29, 0.717) is 23.4 Å². The average molecular weight is 375 g/mol. The number of nitro groups is 1. The van der Waals surface area contributed by atoms with Crippen molar-refractivity contribution >= 4 is 23.2 Å². The molecule has 0 radical (unpaired) electrons. The number of benzene rings is 3. The molecule has 0 unspecified atom stereocenters. The SMILES string of the molecule is O=C(NCc1ccc(C(=O)Nc2cccc([N+](=O)[O-])c2)cc1)c1ccccc1. The molecule has 0 heterocycles. The molecule has 2 N–H and O–H groups in total. The smallest absolute Gasteiger partial charge is 0.271 e. The first kappa shape index (κ1) is 18.8. The fourth-order valence-electron chi connectivity index (χ4n) is 2.55. The lowest BCUT2D eigenvalue weighted by atomic mass is 10.1. The Balaban J connectivity index is 1.59. The van der Waals surface area contributed by atoms with E-state index in [4.69, 9.17) is 0 Å². The predicted octanol–water partition coefficient (Wildman–Crippen LogP) is 3.78. The van der Waals surface area contributed by atoms with Crippen molar-refractivity contribution in [2.75, 3.05) is 5.32 Å². The maximum atomic E-state index is 12.3. The van der Waals surface area contributed by atoms with Crippen molar-refractivity contribution in [3.63, 3.8) is 0 Å². The molecule has 0 aliphatic carbocycles. The molecule has 7 heteroatoms. The largest absolute Gasteiger partial charge is 0.348 e. The highest BCUT2D eigenvalue weighted by Gasteiger charge is 2.10. The molecule has 3 aromatic rings. The van der Waals surface area contributed by atoms with Crippen LogP contribution in [0.2, 0.25) is 0 Å². The van der Waals surface area contributed by atoms with E-state index in [1.807, 2.05) is 6.07 Å². The fourth-order valence-corrected chi connectivity index (χ4v) is 2.55. The third-order valence-electron chi connectivity index (χ3n) is 4.02. The lowest BCUT2D eigenvalue weighted by Gasteiger charge is -2.08. The number of nitro benzene ring substituents is 1. The van der Waals surface area contributed by atoms with Gasteiger partial charge in [0.1, 0.15) is 0 Å². The Morgan fingerprint density at radius 1 is 0.821 bits per heavy atom. The Labute approximate surface area is 161 Å². The maximum absolute atomic E-state index is 12.3. The van der Waals surface area contributed by atoms with Crippen molar-refractivity contribution in [3.05, 3.63) is 106 Å². The summed E-state index contributed by atoms with van der Waals surface area (Å²) in [6.45, 7) is 0.334. The first-order valence-corrected chi connectivity index (χ1v) is 8.51. The van der Waals surface area contributed by atoms with E-state index in [-0.39, 0.29) is 17.5 Å². The summed E-state index contributed by atoms with van der Waals surface area (Å²) in [5.74, 6) is -0.548. The number of rotatable bonds is 6. The van der Waals surface area contributed by atoms with Crippen LogP contribution in [0.3, 0.4) is 0 Å². The van der Waals surface area contributed by atoms with Crippen molar-refractivity contribution in [1.29, 1.82) is 0 Å². The van der Waals surface area contributed by atoms with E-state index >= 15 is 0 Å². The first-order valence-electron chi connectivity index (χ1n) is 8.51. The minimum Gasteiger partial charge on any atom is -0.348 e. The van der Waals surface area contributed by atoms with E-state index < -0.39 is 4.92 Å². The number of carbonyl (C=O) groups is 2. The van der Waals surface area contributed by atoms with Gasteiger partial charge in [0.05, 0.1) is 4.92 Å². The third kappa shape index (κ3) is 4.79. The van der Waals surface area contributed by atoms with Crippen LogP contribution in [0.25, 0.3) is 0 Å². The first-order chi connectivity index (χ1) is 13.5. The van der Waals surface area contributed by atoms with Gasteiger partial charge < -0.3 is 10.6 Å². The van der Waals surface area contributed by atoms with Gasteiger partial charge in [-0.05, 0) is 35.9 Å². The van der Waals surface area contributed by atoms with Crippen LogP contribution in [-0.4, -0.2) is 16.7 Å². The molecule has 7 nitrogen and oxygen atoms in total. The molecule has 0 aromatic heterocycles. The van der Waals surface area contributed by atoms with Crippen LogP contribution in [0.15, 0.2) is 78.9 Å². The van der Waals surface area contributed by atoms with Crippen molar-refractivity contribution in [2.24, 2.45) is 0 Å². The number of anilines is 1. The van der Waals surface area contributed by atoms with Gasteiger partial charge in [-0.2, -0.15) is 0 Å². The van der Waals surface area contributed by atoms with Crippen LogP contribution in [-0.2, 0) is 6.54 Å². The minimum atomic E-state index is -0.520. The van der Waals surface area contributed by atoms with E-state index in [1.54, 1.807) is 54.6 Å². The molecular weight excluding hydrogens is 358 g/mol. The molecule has 28 heavy (non-hydrogen) atoms. The number of amides is 2. The molecule has 0 atom stereocenters. The van der Waals surface area contributed by atoms with Crippen LogP contribution in [0.5, 0.6) is 0 Å². The van der Waals surface area contributed by atoms with Crippen LogP contribution in [0, 0.1) is 10.1 Å². The van der Waals surface area contributed by atoms with E-state index in [1.165, 1.54) is 18.2 Å². The number of carbonyl (C=O) groups excluding carboxylic acids is 2. The van der Waals surface area contributed by atoms with Gasteiger partial charge in [-0.15, -0.1) is 0 Å². The van der Waals surface area contributed by atoms with Crippen LogP contribution >= 0.6 is 0 Å². The lowest BCUT2D eigenvalue weighted by molar-refractivity contribution is -0.384. The van der Waals surface area contributed by atoms with Crippen molar-refractivity contribution in [1.82, 2.24) is 5.32 Å². The number of hydrogen-bond donors (Lipinski definition) is 2. The summed E-state index contributed by atoms with van der Waals surface area (Å²) in [7, 11) is 0. The molecule has 0 spiro atoms. The number of nitrogens with zero attached hydrogens (tertiary/aromatic N) is 1. The molecule has 3 rings (SSSR count). The van der Waals surface area contributed by atoms with Gasteiger partial charge in [0, 0.05) is 35.5 Å². The van der Waals surface area contributed by atoms with Gasteiger partial charge in [-0.3, -0.25) is 19.7 Å². The van der Waals surface area contributed by atoms with Gasteiger partial charge in [-0.1, -0.05) is 36.4 Å². The summed E-state index contributed by atoms with van der Waals surface area (Å²) in [4.78, 5) is 34.6. The van der Waals surface area contributed by atoms with Gasteiger partial charge in [-0.25, -0.2) is 0 Å². The molecule has 2 amide bonds. The summed E-state index contributed by atoms with van der Waals surface area (Å²) >= 11 is 0. The Bertz CT molecular complexity index is 1000. The number of hydrogen-bond acceptors (Lipinski definition) is 4. The van der Waals surface area contributed by atoms with Crippen molar-refractivity contribution in [3.8, 4) is 0 Å². The zero-order valence-electron chi connectivity index (χ0n) is 14.8. The highest BCUT2D eigenvalue weighted by Crippen LogP contribution is 2.18. The van der Waals surface area contributed by atoms with Gasteiger partial charge >= 0.3 is 0 Å². The van der Waals surface area contributed by atoms with Crippen molar-refractivity contribution in [2.45, 2.75) is 6.54 Å². The summed E-state index contributed by atoms with van der Waals surface area (Å²) in [6, 6.07) is 21.4. The lowest BCUT2D eigenvalue weighted by Crippen LogP contribution is -2.22. The zero-order valence-corrected chi connectivity index (χ0v) is 14.8. The van der Waals surface area contributed by atoms with Crippen molar-refractivity contribution < 1.29 is 14.5 Å². The summed E-state index contributed by atoms with van der Waals surface area (Å²) in [6.07, 6.45) is 0. The summed E-state index contributed by atoms with van der Waals surface area (Å²) in [5.41, 5.74) is 2.08. The van der Waals surface area contributed by atoms with Crippen LogP contribution in [0.1, 0.15) is 26.3 Å². The molecule has 0 aliphatic heterocycles. The number of non-ortho nitro benzene ring substituents is 1. The third-order valence-corrected chi connectivity index (χ3v) is 4.02.